The van der Waals surface area contributed by atoms with Crippen molar-refractivity contribution in [2.45, 2.75) is 26.2 Å². The zero-order chi connectivity index (χ0) is 14.6. The molecular weight excluding hydrogens is 254 g/mol. The van der Waals surface area contributed by atoms with Crippen molar-refractivity contribution in [2.24, 2.45) is 5.10 Å². The third-order valence-corrected chi connectivity index (χ3v) is 2.74. The van der Waals surface area contributed by atoms with Crippen molar-refractivity contribution in [3.63, 3.8) is 0 Å². The lowest BCUT2D eigenvalue weighted by atomic mass is 9.87. The highest BCUT2D eigenvalue weighted by atomic mass is 16.1. The lowest BCUT2D eigenvalue weighted by Crippen LogP contribution is -2.11. The Labute approximate surface area is 117 Å². The van der Waals surface area contributed by atoms with Crippen molar-refractivity contribution < 1.29 is 0 Å². The molecule has 0 amide bonds. The Morgan fingerprint density at radius 2 is 1.95 bits per heavy atom. The molecule has 0 unspecified atom stereocenters. The largest absolute Gasteiger partial charge is 0.289 e. The molecule has 2 rings (SSSR count). The van der Waals surface area contributed by atoms with E-state index < -0.39 is 0 Å². The van der Waals surface area contributed by atoms with Gasteiger partial charge in [-0.15, -0.1) is 10.2 Å². The van der Waals surface area contributed by atoms with Crippen LogP contribution in [0.1, 0.15) is 31.9 Å². The summed E-state index contributed by atoms with van der Waals surface area (Å²) in [4.78, 5) is 13.5. The summed E-state index contributed by atoms with van der Waals surface area (Å²) in [7, 11) is 0. The maximum Gasteiger partial charge on any atom is 0.271 e. The number of H-pyrrole nitrogens is 1. The summed E-state index contributed by atoms with van der Waals surface area (Å²) < 4.78 is 0. The van der Waals surface area contributed by atoms with Crippen LogP contribution in [0, 0.1) is 0 Å². The molecule has 0 aliphatic rings. The fourth-order valence-electron chi connectivity index (χ4n) is 1.60. The molecule has 6 nitrogen and oxygen atoms in total. The van der Waals surface area contributed by atoms with Crippen LogP contribution in [0.4, 0.5) is 5.95 Å². The van der Waals surface area contributed by atoms with Gasteiger partial charge in [0, 0.05) is 0 Å². The second-order valence-corrected chi connectivity index (χ2v) is 5.42. The van der Waals surface area contributed by atoms with Gasteiger partial charge in [0.25, 0.3) is 5.56 Å². The van der Waals surface area contributed by atoms with Crippen molar-refractivity contribution in [1.82, 2.24) is 15.2 Å². The molecule has 0 atom stereocenters. The molecule has 0 bridgehead atoms. The van der Waals surface area contributed by atoms with E-state index in [4.69, 9.17) is 0 Å². The van der Waals surface area contributed by atoms with Crippen LogP contribution >= 0.6 is 0 Å². The summed E-state index contributed by atoms with van der Waals surface area (Å²) in [6.07, 6.45) is 2.75. The quantitative estimate of drug-likeness (QED) is 0.660. The van der Waals surface area contributed by atoms with Crippen molar-refractivity contribution in [3.8, 4) is 0 Å². The molecular formula is C14H17N5O. The zero-order valence-corrected chi connectivity index (χ0v) is 11.7. The van der Waals surface area contributed by atoms with Crippen molar-refractivity contribution in [2.75, 3.05) is 5.43 Å². The van der Waals surface area contributed by atoms with Gasteiger partial charge >= 0.3 is 0 Å². The van der Waals surface area contributed by atoms with Gasteiger partial charge in [0.05, 0.1) is 6.21 Å². The van der Waals surface area contributed by atoms with Gasteiger partial charge in [0.2, 0.25) is 5.95 Å². The Balaban J connectivity index is 2.03. The molecule has 6 heteroatoms. The van der Waals surface area contributed by atoms with E-state index in [0.29, 0.717) is 0 Å². The van der Waals surface area contributed by atoms with Crippen LogP contribution in [0.25, 0.3) is 0 Å². The number of nitrogens with one attached hydrogen (secondary N) is 2. The Morgan fingerprint density at radius 3 is 2.55 bits per heavy atom. The molecule has 0 fully saturated rings. The molecule has 0 aliphatic carbocycles. The van der Waals surface area contributed by atoms with Crippen LogP contribution in [-0.2, 0) is 5.41 Å². The maximum atomic E-state index is 11.0. The predicted molar refractivity (Wildman–Crippen MR) is 79.0 cm³/mol. The first kappa shape index (κ1) is 13.9. The fourth-order valence-corrected chi connectivity index (χ4v) is 1.60. The predicted octanol–water partition coefficient (Wildman–Crippen LogP) is 1.91. The van der Waals surface area contributed by atoms with E-state index in [1.165, 1.54) is 5.56 Å². The van der Waals surface area contributed by atoms with Gasteiger partial charge in [-0.25, -0.2) is 5.43 Å². The molecule has 1 aromatic heterocycles. The van der Waals surface area contributed by atoms with Crippen LogP contribution in [0.2, 0.25) is 0 Å². The van der Waals surface area contributed by atoms with E-state index in [2.05, 4.69) is 58.6 Å². The van der Waals surface area contributed by atoms with E-state index in [1.54, 1.807) is 6.21 Å². The highest BCUT2D eigenvalue weighted by molar-refractivity contribution is 5.80. The summed E-state index contributed by atoms with van der Waals surface area (Å²) >= 11 is 0. The van der Waals surface area contributed by atoms with Crippen molar-refractivity contribution in [1.29, 1.82) is 0 Å². The van der Waals surface area contributed by atoms with E-state index in [-0.39, 0.29) is 16.9 Å². The second-order valence-electron chi connectivity index (χ2n) is 5.42. The van der Waals surface area contributed by atoms with Gasteiger partial charge in [0.15, 0.2) is 0 Å². The summed E-state index contributed by atoms with van der Waals surface area (Å²) in [6, 6.07) is 8.13. The minimum Gasteiger partial charge on any atom is -0.289 e. The fraction of sp³-hybridized carbons (Fsp3) is 0.286. The van der Waals surface area contributed by atoms with Crippen LogP contribution in [0.5, 0.6) is 0 Å². The summed E-state index contributed by atoms with van der Waals surface area (Å²) in [5, 5.41) is 11.2. The summed E-state index contributed by atoms with van der Waals surface area (Å²) in [5.41, 5.74) is 4.64. The third-order valence-electron chi connectivity index (χ3n) is 2.74. The Bertz CT molecular complexity index is 652. The van der Waals surface area contributed by atoms with Gasteiger partial charge in [-0.3, -0.25) is 9.78 Å². The highest BCUT2D eigenvalue weighted by Gasteiger charge is 2.12. The average Bonchev–Trinajstić information content (AvgIpc) is 2.38. The standard InChI is InChI=1S/C14H17N5O/c1-14(2,3)11-6-4-10(5-7-11)8-15-18-13-17-12(20)9-16-19-13/h4-9H,1-3H3,(H2,17,18,19,20). The molecule has 2 N–H and O–H groups in total. The number of benzene rings is 1. The smallest absolute Gasteiger partial charge is 0.271 e. The van der Waals surface area contributed by atoms with Gasteiger partial charge in [-0.2, -0.15) is 5.10 Å². The summed E-state index contributed by atoms with van der Waals surface area (Å²) in [6.45, 7) is 6.51. The second kappa shape index (κ2) is 5.64. The minimum absolute atomic E-state index is 0.132. The number of nitrogens with zero attached hydrogens (tertiary/aromatic N) is 3. The SMILES string of the molecule is CC(C)(C)c1ccc(C=NNc2nncc(=O)[nH]2)cc1. The first-order chi connectivity index (χ1) is 9.45. The topological polar surface area (TPSA) is 83.0 Å². The number of hydrogen-bond acceptors (Lipinski definition) is 5. The van der Waals surface area contributed by atoms with Gasteiger partial charge < -0.3 is 0 Å². The Hall–Kier alpha value is -2.50. The van der Waals surface area contributed by atoms with E-state index >= 15 is 0 Å². The third kappa shape index (κ3) is 3.74. The molecule has 20 heavy (non-hydrogen) atoms. The lowest BCUT2D eigenvalue weighted by molar-refractivity contribution is 0.590. The van der Waals surface area contributed by atoms with Crippen LogP contribution in [0.3, 0.4) is 0 Å². The zero-order valence-electron chi connectivity index (χ0n) is 11.7. The van der Waals surface area contributed by atoms with Crippen LogP contribution in [-0.4, -0.2) is 21.4 Å². The highest BCUT2D eigenvalue weighted by Crippen LogP contribution is 2.21. The van der Waals surface area contributed by atoms with Crippen LogP contribution in [0.15, 0.2) is 40.4 Å². The number of aromatic nitrogens is 3. The molecule has 0 aliphatic heterocycles. The van der Waals surface area contributed by atoms with Gasteiger partial charge in [-0.05, 0) is 16.5 Å². The first-order valence-corrected chi connectivity index (χ1v) is 6.27. The number of aromatic amines is 1. The molecule has 0 spiro atoms. The average molecular weight is 271 g/mol. The molecule has 2 aromatic rings. The molecule has 0 radical (unpaired) electrons. The number of rotatable bonds is 3. The monoisotopic (exact) mass is 271 g/mol. The molecule has 0 saturated heterocycles. The van der Waals surface area contributed by atoms with E-state index in [9.17, 15) is 4.79 Å². The van der Waals surface area contributed by atoms with E-state index in [0.717, 1.165) is 11.8 Å². The number of anilines is 1. The lowest BCUT2D eigenvalue weighted by Gasteiger charge is -2.18. The van der Waals surface area contributed by atoms with E-state index in [1.807, 2.05) is 12.1 Å². The van der Waals surface area contributed by atoms with Crippen molar-refractivity contribution >= 4 is 12.2 Å². The maximum absolute atomic E-state index is 11.0. The first-order valence-electron chi connectivity index (χ1n) is 6.27. The normalized spacial score (nSPS) is 11.8. The minimum atomic E-state index is -0.327. The molecule has 104 valence electrons. The van der Waals surface area contributed by atoms with Crippen LogP contribution < -0.4 is 11.0 Å². The molecule has 1 heterocycles. The molecule has 0 saturated carbocycles. The van der Waals surface area contributed by atoms with Gasteiger partial charge in [0.1, 0.15) is 6.20 Å². The van der Waals surface area contributed by atoms with Crippen molar-refractivity contribution in [3.05, 3.63) is 51.9 Å². The number of hydrazone groups is 1. The summed E-state index contributed by atoms with van der Waals surface area (Å²) in [5.74, 6) is 0.208. The Kier molecular flexibility index (Phi) is 3.93. The van der Waals surface area contributed by atoms with Gasteiger partial charge in [-0.1, -0.05) is 45.0 Å². The number of hydrogen-bond donors (Lipinski definition) is 2. The molecule has 1 aromatic carbocycles. The Morgan fingerprint density at radius 1 is 1.25 bits per heavy atom.